The van der Waals surface area contributed by atoms with Crippen LogP contribution in [-0.4, -0.2) is 87.0 Å². The summed E-state index contributed by atoms with van der Waals surface area (Å²) < 4.78 is 33.2. The van der Waals surface area contributed by atoms with Crippen molar-refractivity contribution >= 4 is 27.3 Å². The molecule has 3 aliphatic heterocycles. The van der Waals surface area contributed by atoms with Crippen molar-refractivity contribution in [1.29, 1.82) is 0 Å². The van der Waals surface area contributed by atoms with Gasteiger partial charge in [0.25, 0.3) is 10.0 Å². The summed E-state index contributed by atoms with van der Waals surface area (Å²) in [6.45, 7) is 6.26. The van der Waals surface area contributed by atoms with Gasteiger partial charge in [0.1, 0.15) is 4.21 Å². The molecule has 0 saturated carbocycles. The van der Waals surface area contributed by atoms with E-state index >= 15 is 0 Å². The average Bonchev–Trinajstić information content (AvgIpc) is 3.42. The lowest BCUT2D eigenvalue weighted by molar-refractivity contribution is -0.132. The van der Waals surface area contributed by atoms with Crippen molar-refractivity contribution in [2.24, 2.45) is 0 Å². The van der Waals surface area contributed by atoms with Gasteiger partial charge in [-0.2, -0.15) is 4.31 Å². The van der Waals surface area contributed by atoms with Gasteiger partial charge in [-0.25, -0.2) is 8.42 Å². The first kappa shape index (κ1) is 21.2. The van der Waals surface area contributed by atoms with Gasteiger partial charge in [0, 0.05) is 57.3 Å². The number of carbonyl (C=O) groups is 1. The molecular formula is C20H31N3O4S2. The van der Waals surface area contributed by atoms with Crippen LogP contribution in [0.5, 0.6) is 0 Å². The van der Waals surface area contributed by atoms with Crippen LogP contribution in [0.2, 0.25) is 0 Å². The average molecular weight is 442 g/mol. The van der Waals surface area contributed by atoms with Gasteiger partial charge in [-0.05, 0) is 37.8 Å². The largest absolute Gasteiger partial charge is 0.377 e. The molecule has 0 bridgehead atoms. The Morgan fingerprint density at radius 3 is 2.48 bits per heavy atom. The van der Waals surface area contributed by atoms with Crippen molar-refractivity contribution in [3.63, 3.8) is 0 Å². The van der Waals surface area contributed by atoms with E-state index in [1.165, 1.54) is 11.3 Å². The number of carbonyl (C=O) groups excluding carboxylic acids is 1. The van der Waals surface area contributed by atoms with E-state index in [1.807, 2.05) is 4.90 Å². The van der Waals surface area contributed by atoms with Crippen molar-refractivity contribution in [2.75, 3.05) is 52.4 Å². The molecule has 1 amide bonds. The second kappa shape index (κ2) is 9.43. The fourth-order valence-electron chi connectivity index (χ4n) is 4.34. The Bertz CT molecular complexity index is 790. The van der Waals surface area contributed by atoms with Gasteiger partial charge in [-0.3, -0.25) is 9.69 Å². The number of piperazine rings is 1. The van der Waals surface area contributed by atoms with E-state index < -0.39 is 10.0 Å². The number of hydrogen-bond acceptors (Lipinski definition) is 6. The van der Waals surface area contributed by atoms with E-state index in [1.54, 1.807) is 16.4 Å². The SMILES string of the molecule is O=C(Cc1ccc(S(=O)(=O)N2CCCCC2)s1)N1CCN(CC2CCCO2)CC1. The van der Waals surface area contributed by atoms with Crippen LogP contribution in [0.4, 0.5) is 0 Å². The van der Waals surface area contributed by atoms with Crippen LogP contribution in [0.3, 0.4) is 0 Å². The summed E-state index contributed by atoms with van der Waals surface area (Å²) in [6.07, 6.45) is 5.87. The first-order chi connectivity index (χ1) is 14.0. The highest BCUT2D eigenvalue weighted by Gasteiger charge is 2.29. The Morgan fingerprint density at radius 2 is 1.79 bits per heavy atom. The molecule has 3 aliphatic rings. The smallest absolute Gasteiger partial charge is 0.252 e. The molecule has 0 aliphatic carbocycles. The Labute approximate surface area is 177 Å². The molecule has 0 aromatic carbocycles. The molecule has 1 aromatic rings. The summed E-state index contributed by atoms with van der Waals surface area (Å²) in [7, 11) is -3.41. The fraction of sp³-hybridized carbons (Fsp3) is 0.750. The van der Waals surface area contributed by atoms with E-state index in [9.17, 15) is 13.2 Å². The lowest BCUT2D eigenvalue weighted by atomic mass is 10.2. The zero-order chi connectivity index (χ0) is 20.3. The lowest BCUT2D eigenvalue weighted by Gasteiger charge is -2.35. The Balaban J connectivity index is 1.28. The Kier molecular flexibility index (Phi) is 6.91. The molecule has 0 spiro atoms. The molecule has 1 aromatic heterocycles. The number of rotatable bonds is 6. The van der Waals surface area contributed by atoms with Crippen molar-refractivity contribution < 1.29 is 17.9 Å². The van der Waals surface area contributed by atoms with Gasteiger partial charge in [0.2, 0.25) is 5.91 Å². The van der Waals surface area contributed by atoms with E-state index in [2.05, 4.69) is 4.90 Å². The summed E-state index contributed by atoms with van der Waals surface area (Å²) in [5.41, 5.74) is 0. The second-order valence-corrected chi connectivity index (χ2v) is 11.5. The number of piperidine rings is 1. The minimum absolute atomic E-state index is 0.0885. The molecule has 1 atom stereocenters. The second-order valence-electron chi connectivity index (χ2n) is 8.18. The maximum atomic E-state index is 12.8. The number of ether oxygens (including phenoxy) is 1. The zero-order valence-electron chi connectivity index (χ0n) is 16.9. The molecule has 3 saturated heterocycles. The Hall–Kier alpha value is -1.00. The van der Waals surface area contributed by atoms with Crippen LogP contribution in [0, 0.1) is 0 Å². The minimum Gasteiger partial charge on any atom is -0.377 e. The number of amides is 1. The summed E-state index contributed by atoms with van der Waals surface area (Å²) in [6, 6.07) is 3.46. The van der Waals surface area contributed by atoms with Gasteiger partial charge in [-0.1, -0.05) is 6.42 Å². The number of hydrogen-bond donors (Lipinski definition) is 0. The summed E-state index contributed by atoms with van der Waals surface area (Å²) in [5.74, 6) is 0.0885. The van der Waals surface area contributed by atoms with E-state index in [0.29, 0.717) is 23.4 Å². The van der Waals surface area contributed by atoms with E-state index in [4.69, 9.17) is 4.74 Å². The topological polar surface area (TPSA) is 70.2 Å². The summed E-state index contributed by atoms with van der Waals surface area (Å²) in [4.78, 5) is 17.8. The van der Waals surface area contributed by atoms with Crippen molar-refractivity contribution in [3.05, 3.63) is 17.0 Å². The van der Waals surface area contributed by atoms with E-state index in [0.717, 1.165) is 76.3 Å². The third kappa shape index (κ3) is 5.19. The third-order valence-electron chi connectivity index (χ3n) is 6.08. The van der Waals surface area contributed by atoms with Gasteiger partial charge in [0.05, 0.1) is 12.5 Å². The maximum Gasteiger partial charge on any atom is 0.252 e. The summed E-state index contributed by atoms with van der Waals surface area (Å²) in [5, 5.41) is 0. The molecule has 29 heavy (non-hydrogen) atoms. The van der Waals surface area contributed by atoms with Crippen LogP contribution in [-0.2, 0) is 26.0 Å². The van der Waals surface area contributed by atoms with Gasteiger partial charge in [-0.15, -0.1) is 11.3 Å². The number of nitrogens with zero attached hydrogens (tertiary/aromatic N) is 3. The van der Waals surface area contributed by atoms with Crippen LogP contribution in [0.15, 0.2) is 16.3 Å². The number of thiophene rings is 1. The molecule has 0 radical (unpaired) electrons. The highest BCUT2D eigenvalue weighted by atomic mass is 32.2. The normalized spacial score (nSPS) is 24.8. The molecule has 7 nitrogen and oxygen atoms in total. The van der Waals surface area contributed by atoms with Crippen molar-refractivity contribution in [2.45, 2.75) is 48.8 Å². The standard InChI is InChI=1S/C20H31N3O4S2/c24-19(22-12-10-21(11-13-22)16-17-5-4-14-27-17)15-18-6-7-20(28-18)29(25,26)23-8-2-1-3-9-23/h6-7,17H,1-5,8-16H2. The van der Waals surface area contributed by atoms with Crippen LogP contribution in [0.25, 0.3) is 0 Å². The predicted octanol–water partition coefficient (Wildman–Crippen LogP) is 1.79. The van der Waals surface area contributed by atoms with Crippen molar-refractivity contribution in [3.8, 4) is 0 Å². The van der Waals surface area contributed by atoms with Crippen molar-refractivity contribution in [1.82, 2.24) is 14.1 Å². The van der Waals surface area contributed by atoms with E-state index in [-0.39, 0.29) is 12.3 Å². The summed E-state index contributed by atoms with van der Waals surface area (Å²) >= 11 is 1.24. The predicted molar refractivity (Wildman–Crippen MR) is 113 cm³/mol. The van der Waals surface area contributed by atoms with Crippen LogP contribution in [0.1, 0.15) is 37.0 Å². The zero-order valence-corrected chi connectivity index (χ0v) is 18.6. The molecule has 9 heteroatoms. The molecular weight excluding hydrogens is 410 g/mol. The molecule has 4 heterocycles. The number of sulfonamides is 1. The first-order valence-corrected chi connectivity index (χ1v) is 13.0. The van der Waals surface area contributed by atoms with Gasteiger partial charge < -0.3 is 9.64 Å². The quantitative estimate of drug-likeness (QED) is 0.673. The molecule has 1 unspecified atom stereocenters. The highest BCUT2D eigenvalue weighted by Crippen LogP contribution is 2.27. The molecule has 4 rings (SSSR count). The first-order valence-electron chi connectivity index (χ1n) is 10.7. The minimum atomic E-state index is -3.41. The van der Waals surface area contributed by atoms with Gasteiger partial charge >= 0.3 is 0 Å². The van der Waals surface area contributed by atoms with Crippen LogP contribution < -0.4 is 0 Å². The molecule has 162 valence electrons. The Morgan fingerprint density at radius 1 is 1.03 bits per heavy atom. The van der Waals surface area contributed by atoms with Gasteiger partial charge in [0.15, 0.2) is 0 Å². The molecule has 0 N–H and O–H groups in total. The third-order valence-corrected chi connectivity index (χ3v) is 9.53. The molecule has 3 fully saturated rings. The lowest BCUT2D eigenvalue weighted by Crippen LogP contribution is -2.50. The highest BCUT2D eigenvalue weighted by molar-refractivity contribution is 7.91. The maximum absolute atomic E-state index is 12.8. The van der Waals surface area contributed by atoms with Crippen LogP contribution >= 0.6 is 11.3 Å². The fourth-order valence-corrected chi connectivity index (χ4v) is 7.36. The monoisotopic (exact) mass is 441 g/mol.